The molecule has 1 N–H and O–H groups in total. The van der Waals surface area contributed by atoms with Crippen molar-refractivity contribution in [2.45, 2.75) is 6.04 Å². The summed E-state index contributed by atoms with van der Waals surface area (Å²) in [7, 11) is 0. The molecule has 1 atom stereocenters. The minimum atomic E-state index is 0.00283. The first-order valence-corrected chi connectivity index (χ1v) is 9.52. The summed E-state index contributed by atoms with van der Waals surface area (Å²) in [4.78, 5) is 8.91. The van der Waals surface area contributed by atoms with Crippen molar-refractivity contribution in [1.82, 2.24) is 9.88 Å². The lowest BCUT2D eigenvalue weighted by Crippen LogP contribution is -2.48. The van der Waals surface area contributed by atoms with Crippen molar-refractivity contribution in [2.75, 3.05) is 31.1 Å². The quantitative estimate of drug-likeness (QED) is 0.731. The third kappa shape index (κ3) is 3.92. The summed E-state index contributed by atoms with van der Waals surface area (Å²) in [6.45, 7) is 3.68. The van der Waals surface area contributed by atoms with Crippen molar-refractivity contribution in [3.05, 3.63) is 89.2 Å². The summed E-state index contributed by atoms with van der Waals surface area (Å²) in [5.74, 6) is 0.328. The maximum Gasteiger partial charge on any atom is 0.120 e. The van der Waals surface area contributed by atoms with Gasteiger partial charge < -0.3 is 10.0 Å². The topological polar surface area (TPSA) is 39.6 Å². The predicted molar refractivity (Wildman–Crippen MR) is 109 cm³/mol. The lowest BCUT2D eigenvalue weighted by molar-refractivity contribution is 0.209. The Labute approximate surface area is 164 Å². The van der Waals surface area contributed by atoms with Gasteiger partial charge in [0.05, 0.1) is 6.04 Å². The highest BCUT2D eigenvalue weighted by atomic mass is 35.5. The van der Waals surface area contributed by atoms with E-state index in [0.717, 1.165) is 42.3 Å². The van der Waals surface area contributed by atoms with Crippen LogP contribution in [0.15, 0.2) is 73.1 Å². The zero-order valence-corrected chi connectivity index (χ0v) is 15.8. The molecular weight excluding hydrogens is 358 g/mol. The summed E-state index contributed by atoms with van der Waals surface area (Å²) in [5.41, 5.74) is 3.27. The Morgan fingerprint density at radius 1 is 0.852 bits per heavy atom. The van der Waals surface area contributed by atoms with Crippen molar-refractivity contribution in [3.63, 3.8) is 0 Å². The molecule has 3 aromatic rings. The molecule has 0 bridgehead atoms. The first-order valence-electron chi connectivity index (χ1n) is 9.15. The van der Waals surface area contributed by atoms with Crippen molar-refractivity contribution >= 4 is 17.3 Å². The Bertz CT molecular complexity index is 878. The molecule has 2 heterocycles. The van der Waals surface area contributed by atoms with Crippen molar-refractivity contribution in [2.24, 2.45) is 0 Å². The number of halogens is 1. The van der Waals surface area contributed by atoms with Crippen molar-refractivity contribution < 1.29 is 5.11 Å². The van der Waals surface area contributed by atoms with Gasteiger partial charge in [0.25, 0.3) is 0 Å². The van der Waals surface area contributed by atoms with Crippen LogP contribution in [0.25, 0.3) is 0 Å². The summed E-state index contributed by atoms with van der Waals surface area (Å²) in [6, 6.07) is 19.6. The highest BCUT2D eigenvalue weighted by molar-refractivity contribution is 6.30. The number of anilines is 1. The van der Waals surface area contributed by atoms with E-state index in [9.17, 15) is 5.11 Å². The van der Waals surface area contributed by atoms with Crippen LogP contribution < -0.4 is 4.90 Å². The maximum atomic E-state index is 10.5. The van der Waals surface area contributed by atoms with Crippen LogP contribution in [0.4, 0.5) is 5.69 Å². The summed E-state index contributed by atoms with van der Waals surface area (Å²) < 4.78 is 0. The number of benzene rings is 2. The lowest BCUT2D eigenvalue weighted by atomic mass is 9.95. The van der Waals surface area contributed by atoms with Gasteiger partial charge in [-0.2, -0.15) is 0 Å². The molecule has 1 saturated heterocycles. The number of phenolic OH excluding ortho intramolecular Hbond substituents is 1. The number of para-hydroxylation sites is 1. The first-order chi connectivity index (χ1) is 13.2. The van der Waals surface area contributed by atoms with Crippen LogP contribution in [0.5, 0.6) is 5.75 Å². The van der Waals surface area contributed by atoms with Gasteiger partial charge in [0.1, 0.15) is 5.75 Å². The minimum Gasteiger partial charge on any atom is -0.508 e. The Kier molecular flexibility index (Phi) is 5.28. The monoisotopic (exact) mass is 379 g/mol. The molecule has 2 aromatic carbocycles. The zero-order chi connectivity index (χ0) is 18.6. The number of nitrogens with zero attached hydrogens (tertiary/aromatic N) is 3. The fourth-order valence-electron chi connectivity index (χ4n) is 3.74. The molecule has 5 heteroatoms. The second-order valence-corrected chi connectivity index (χ2v) is 7.18. The van der Waals surface area contributed by atoms with Crippen LogP contribution in [-0.2, 0) is 0 Å². The Balaban J connectivity index is 1.60. The van der Waals surface area contributed by atoms with E-state index in [1.807, 2.05) is 42.7 Å². The SMILES string of the molecule is Oc1ccccc1C(c1ccc(Cl)cc1)N1CCN(c2ccncc2)CC1. The van der Waals surface area contributed by atoms with Gasteiger partial charge in [0.2, 0.25) is 0 Å². The molecule has 4 rings (SSSR count). The minimum absolute atomic E-state index is 0.00283. The largest absolute Gasteiger partial charge is 0.508 e. The van der Waals surface area contributed by atoms with Crippen molar-refractivity contribution in [1.29, 1.82) is 0 Å². The van der Waals surface area contributed by atoms with E-state index in [4.69, 9.17) is 11.6 Å². The highest BCUT2D eigenvalue weighted by Crippen LogP contribution is 2.35. The number of hydrogen-bond donors (Lipinski definition) is 1. The summed E-state index contributed by atoms with van der Waals surface area (Å²) in [5, 5.41) is 11.2. The molecule has 27 heavy (non-hydrogen) atoms. The van der Waals surface area contributed by atoms with Gasteiger partial charge in [-0.15, -0.1) is 0 Å². The van der Waals surface area contributed by atoms with Crippen LogP contribution in [0.3, 0.4) is 0 Å². The average Bonchev–Trinajstić information content (AvgIpc) is 2.72. The average molecular weight is 380 g/mol. The molecule has 4 nitrogen and oxygen atoms in total. The van der Waals surface area contributed by atoms with E-state index in [1.54, 1.807) is 6.07 Å². The molecule has 1 aliphatic rings. The molecule has 0 amide bonds. The van der Waals surface area contributed by atoms with Gasteiger partial charge in [-0.1, -0.05) is 41.9 Å². The number of phenols is 1. The second-order valence-electron chi connectivity index (χ2n) is 6.74. The molecule has 1 unspecified atom stereocenters. The third-order valence-corrected chi connectivity index (χ3v) is 5.38. The fraction of sp³-hybridized carbons (Fsp3) is 0.227. The molecule has 0 radical (unpaired) electrons. The van der Waals surface area contributed by atoms with Gasteiger partial charge >= 0.3 is 0 Å². The predicted octanol–water partition coefficient (Wildman–Crippen LogP) is 4.35. The van der Waals surface area contributed by atoms with E-state index < -0.39 is 0 Å². The van der Waals surface area contributed by atoms with Gasteiger partial charge in [-0.25, -0.2) is 0 Å². The van der Waals surface area contributed by atoms with Crippen LogP contribution in [0.2, 0.25) is 5.02 Å². The number of piperazine rings is 1. The van der Waals surface area contributed by atoms with Crippen LogP contribution in [0.1, 0.15) is 17.2 Å². The summed E-state index contributed by atoms with van der Waals surface area (Å²) >= 11 is 6.09. The van der Waals surface area contributed by atoms with Gasteiger partial charge in [0.15, 0.2) is 0 Å². The number of aromatic nitrogens is 1. The first kappa shape index (κ1) is 17.8. The van der Waals surface area contributed by atoms with Gasteiger partial charge in [-0.05, 0) is 35.9 Å². The van der Waals surface area contributed by atoms with Crippen LogP contribution in [0, 0.1) is 0 Å². The third-order valence-electron chi connectivity index (χ3n) is 5.12. The Hall–Kier alpha value is -2.56. The molecule has 1 fully saturated rings. The van der Waals surface area contributed by atoms with Gasteiger partial charge in [0, 0.05) is 54.8 Å². The standard InChI is InChI=1S/C22H22ClN3O/c23-18-7-5-17(6-8-18)22(20-3-1-2-4-21(20)27)26-15-13-25(14-16-26)19-9-11-24-12-10-19/h1-12,22,27H,13-16H2. The molecule has 138 valence electrons. The number of aromatic hydroxyl groups is 1. The van der Waals surface area contributed by atoms with E-state index in [-0.39, 0.29) is 6.04 Å². The molecule has 0 spiro atoms. The lowest BCUT2D eigenvalue weighted by Gasteiger charge is -2.40. The van der Waals surface area contributed by atoms with E-state index in [1.165, 1.54) is 5.69 Å². The number of rotatable bonds is 4. The normalized spacial score (nSPS) is 16.3. The highest BCUT2D eigenvalue weighted by Gasteiger charge is 2.28. The Morgan fingerprint density at radius 3 is 2.19 bits per heavy atom. The van der Waals surface area contributed by atoms with Crippen LogP contribution >= 0.6 is 11.6 Å². The van der Waals surface area contributed by atoms with E-state index in [2.05, 4.69) is 39.0 Å². The molecule has 0 saturated carbocycles. The number of pyridine rings is 1. The van der Waals surface area contributed by atoms with Crippen molar-refractivity contribution in [3.8, 4) is 5.75 Å². The summed E-state index contributed by atoms with van der Waals surface area (Å²) in [6.07, 6.45) is 3.67. The van der Waals surface area contributed by atoms with E-state index >= 15 is 0 Å². The second kappa shape index (κ2) is 7.99. The van der Waals surface area contributed by atoms with Crippen LogP contribution in [-0.4, -0.2) is 41.2 Å². The molecule has 1 aromatic heterocycles. The number of hydrogen-bond acceptors (Lipinski definition) is 4. The zero-order valence-electron chi connectivity index (χ0n) is 15.0. The van der Waals surface area contributed by atoms with E-state index in [0.29, 0.717) is 5.75 Å². The fourth-order valence-corrected chi connectivity index (χ4v) is 3.87. The molecule has 0 aliphatic carbocycles. The molecular formula is C22H22ClN3O. The molecule has 1 aliphatic heterocycles. The Morgan fingerprint density at radius 2 is 1.52 bits per heavy atom. The van der Waals surface area contributed by atoms with Gasteiger partial charge in [-0.3, -0.25) is 9.88 Å². The maximum absolute atomic E-state index is 10.5. The smallest absolute Gasteiger partial charge is 0.120 e.